The van der Waals surface area contributed by atoms with Gasteiger partial charge in [-0.1, -0.05) is 0 Å². The van der Waals surface area contributed by atoms with E-state index in [0.717, 1.165) is 55.9 Å². The maximum Gasteiger partial charge on any atom is 0.191 e. The monoisotopic (exact) mass is 454 g/mol. The lowest BCUT2D eigenvalue weighted by atomic mass is 10.2. The first-order valence-electron chi connectivity index (χ1n) is 7.68. The summed E-state index contributed by atoms with van der Waals surface area (Å²) in [7, 11) is 1.96. The Morgan fingerprint density at radius 2 is 2.26 bits per heavy atom. The molecule has 0 bridgehead atoms. The molecule has 0 amide bonds. The average Bonchev–Trinajstić information content (AvgIpc) is 3.14. The molecule has 9 heteroatoms. The van der Waals surface area contributed by atoms with Gasteiger partial charge in [0.15, 0.2) is 11.8 Å². The zero-order chi connectivity index (χ0) is 15.8. The van der Waals surface area contributed by atoms with Crippen LogP contribution in [0.4, 0.5) is 0 Å². The number of aryl methyl sites for hydroxylation is 1. The van der Waals surface area contributed by atoms with E-state index in [1.165, 1.54) is 0 Å². The number of rotatable bonds is 7. The molecule has 1 aliphatic rings. The van der Waals surface area contributed by atoms with Crippen LogP contribution in [0.1, 0.15) is 24.5 Å². The lowest BCUT2D eigenvalue weighted by Gasteiger charge is -2.15. The Morgan fingerprint density at radius 3 is 2.87 bits per heavy atom. The van der Waals surface area contributed by atoms with Gasteiger partial charge in [-0.2, -0.15) is 11.8 Å². The molecule has 2 heterocycles. The van der Waals surface area contributed by atoms with Crippen LogP contribution in [0.5, 0.6) is 0 Å². The van der Waals surface area contributed by atoms with Gasteiger partial charge in [-0.05, 0) is 26.0 Å². The third-order valence-corrected chi connectivity index (χ3v) is 4.29. The maximum atomic E-state index is 5.64. The van der Waals surface area contributed by atoms with Gasteiger partial charge in [0.1, 0.15) is 12.4 Å². The van der Waals surface area contributed by atoms with E-state index in [0.29, 0.717) is 12.6 Å². The number of hydrogen-bond acceptors (Lipinski definition) is 5. The van der Waals surface area contributed by atoms with Crippen molar-refractivity contribution in [3.05, 3.63) is 11.6 Å². The van der Waals surface area contributed by atoms with Crippen molar-refractivity contribution in [2.24, 2.45) is 12.0 Å². The highest BCUT2D eigenvalue weighted by Crippen LogP contribution is 2.10. The van der Waals surface area contributed by atoms with Crippen LogP contribution in [0, 0.1) is 6.92 Å². The molecular weight excluding hydrogens is 427 g/mol. The molecule has 0 saturated carbocycles. The van der Waals surface area contributed by atoms with Gasteiger partial charge in [0.2, 0.25) is 0 Å². The third-order valence-electron chi connectivity index (χ3n) is 3.68. The fourth-order valence-corrected chi connectivity index (χ4v) is 2.51. The number of halogens is 1. The molecule has 1 saturated heterocycles. The van der Waals surface area contributed by atoms with Crippen LogP contribution < -0.4 is 10.6 Å². The first kappa shape index (κ1) is 20.5. The zero-order valence-corrected chi connectivity index (χ0v) is 17.2. The van der Waals surface area contributed by atoms with Gasteiger partial charge in [-0.15, -0.1) is 34.2 Å². The Balaban J connectivity index is 0.00000264. The van der Waals surface area contributed by atoms with E-state index in [2.05, 4.69) is 32.1 Å². The first-order valence-corrected chi connectivity index (χ1v) is 9.07. The predicted molar refractivity (Wildman–Crippen MR) is 106 cm³/mol. The molecule has 0 aromatic carbocycles. The minimum atomic E-state index is 0. The van der Waals surface area contributed by atoms with E-state index in [9.17, 15) is 0 Å². The Morgan fingerprint density at radius 1 is 1.43 bits per heavy atom. The SMILES string of the molecule is CSCCNC(=NCc1nnc(C)n1C)NCC1CCCO1.I. The largest absolute Gasteiger partial charge is 0.376 e. The minimum Gasteiger partial charge on any atom is -0.376 e. The summed E-state index contributed by atoms with van der Waals surface area (Å²) in [5.41, 5.74) is 0. The Labute approximate surface area is 159 Å². The Kier molecular flexibility index (Phi) is 9.88. The summed E-state index contributed by atoms with van der Waals surface area (Å²) in [5, 5.41) is 14.9. The van der Waals surface area contributed by atoms with E-state index in [1.807, 2.05) is 30.3 Å². The molecule has 132 valence electrons. The summed E-state index contributed by atoms with van der Waals surface area (Å²) in [6, 6.07) is 0. The Hall–Kier alpha value is -0.550. The molecule has 2 rings (SSSR count). The number of ether oxygens (including phenoxy) is 1. The lowest BCUT2D eigenvalue weighted by Crippen LogP contribution is -2.42. The van der Waals surface area contributed by atoms with Crippen LogP contribution in [0.3, 0.4) is 0 Å². The molecule has 1 unspecified atom stereocenters. The first-order chi connectivity index (χ1) is 10.7. The Bertz CT molecular complexity index is 490. The van der Waals surface area contributed by atoms with E-state index in [1.54, 1.807) is 0 Å². The molecule has 7 nitrogen and oxygen atoms in total. The van der Waals surface area contributed by atoms with E-state index in [-0.39, 0.29) is 24.0 Å². The topological polar surface area (TPSA) is 76.4 Å². The quantitative estimate of drug-likeness (QED) is 0.280. The smallest absolute Gasteiger partial charge is 0.191 e. The lowest BCUT2D eigenvalue weighted by molar-refractivity contribution is 0.114. The molecule has 1 aromatic rings. The van der Waals surface area contributed by atoms with Crippen LogP contribution in [0.15, 0.2) is 4.99 Å². The summed E-state index contributed by atoms with van der Waals surface area (Å²) in [6.07, 6.45) is 4.66. The molecule has 0 spiro atoms. The van der Waals surface area contributed by atoms with Crippen molar-refractivity contribution in [3.8, 4) is 0 Å². The van der Waals surface area contributed by atoms with Crippen LogP contribution in [0.2, 0.25) is 0 Å². The van der Waals surface area contributed by atoms with E-state index < -0.39 is 0 Å². The number of aliphatic imine (C=N–C) groups is 1. The van der Waals surface area contributed by atoms with Crippen molar-refractivity contribution in [1.29, 1.82) is 0 Å². The highest BCUT2D eigenvalue weighted by atomic mass is 127. The molecule has 0 aliphatic carbocycles. The molecule has 1 atom stereocenters. The molecule has 2 N–H and O–H groups in total. The summed E-state index contributed by atoms with van der Waals surface area (Å²) >= 11 is 1.81. The van der Waals surface area contributed by atoms with Crippen molar-refractivity contribution in [2.45, 2.75) is 32.4 Å². The average molecular weight is 454 g/mol. The van der Waals surface area contributed by atoms with Gasteiger partial charge < -0.3 is 19.9 Å². The normalized spacial score (nSPS) is 17.9. The van der Waals surface area contributed by atoms with Gasteiger partial charge in [0.05, 0.1) is 6.10 Å². The second-order valence-corrected chi connectivity index (χ2v) is 6.31. The number of thioether (sulfide) groups is 1. The number of nitrogens with zero attached hydrogens (tertiary/aromatic N) is 4. The van der Waals surface area contributed by atoms with Gasteiger partial charge in [-0.3, -0.25) is 0 Å². The molecule has 1 fully saturated rings. The summed E-state index contributed by atoms with van der Waals surface area (Å²) in [4.78, 5) is 4.61. The standard InChI is InChI=1S/C14H26N6OS.HI/c1-11-18-19-13(20(11)2)10-17-14(15-6-8-22-3)16-9-12-5-4-7-21-12;/h12H,4-10H2,1-3H3,(H2,15,16,17);1H. The second-order valence-electron chi connectivity index (χ2n) is 5.32. The van der Waals surface area contributed by atoms with Gasteiger partial charge >= 0.3 is 0 Å². The van der Waals surface area contributed by atoms with Crippen molar-refractivity contribution in [1.82, 2.24) is 25.4 Å². The van der Waals surface area contributed by atoms with Gasteiger partial charge in [0.25, 0.3) is 0 Å². The van der Waals surface area contributed by atoms with Crippen molar-refractivity contribution in [3.63, 3.8) is 0 Å². The van der Waals surface area contributed by atoms with Crippen molar-refractivity contribution < 1.29 is 4.74 Å². The zero-order valence-electron chi connectivity index (χ0n) is 14.0. The predicted octanol–water partition coefficient (Wildman–Crippen LogP) is 1.32. The van der Waals surface area contributed by atoms with Crippen molar-refractivity contribution in [2.75, 3.05) is 31.7 Å². The van der Waals surface area contributed by atoms with E-state index >= 15 is 0 Å². The number of nitrogens with one attached hydrogen (secondary N) is 2. The second kappa shape index (κ2) is 11.1. The number of guanidine groups is 1. The third kappa shape index (κ3) is 6.84. The summed E-state index contributed by atoms with van der Waals surface area (Å²) in [6.45, 7) is 5.00. The number of hydrogen-bond donors (Lipinski definition) is 2. The van der Waals surface area contributed by atoms with E-state index in [4.69, 9.17) is 4.74 Å². The van der Waals surface area contributed by atoms with Crippen LogP contribution in [-0.4, -0.2) is 58.5 Å². The highest BCUT2D eigenvalue weighted by molar-refractivity contribution is 14.0. The van der Waals surface area contributed by atoms with Gasteiger partial charge in [0, 0.05) is 32.5 Å². The molecule has 1 aliphatic heterocycles. The summed E-state index contributed by atoms with van der Waals surface area (Å²) in [5.74, 6) is 3.61. The molecule has 1 aromatic heterocycles. The fraction of sp³-hybridized carbons (Fsp3) is 0.786. The fourth-order valence-electron chi connectivity index (χ4n) is 2.20. The van der Waals surface area contributed by atoms with Crippen LogP contribution in [-0.2, 0) is 18.3 Å². The van der Waals surface area contributed by atoms with Crippen LogP contribution >= 0.6 is 35.7 Å². The molecule has 23 heavy (non-hydrogen) atoms. The summed E-state index contributed by atoms with van der Waals surface area (Å²) < 4.78 is 7.60. The highest BCUT2D eigenvalue weighted by Gasteiger charge is 2.15. The molecular formula is C14H27IN6OS. The molecule has 0 radical (unpaired) electrons. The minimum absolute atomic E-state index is 0. The number of aromatic nitrogens is 3. The van der Waals surface area contributed by atoms with Gasteiger partial charge in [-0.25, -0.2) is 4.99 Å². The van der Waals surface area contributed by atoms with Crippen LogP contribution in [0.25, 0.3) is 0 Å². The maximum absolute atomic E-state index is 5.64. The van der Waals surface area contributed by atoms with Crippen molar-refractivity contribution >= 4 is 41.7 Å².